The maximum absolute atomic E-state index is 10.3. The molecule has 0 spiro atoms. The molecule has 0 unspecified atom stereocenters. The second-order valence-electron chi connectivity index (χ2n) is 1.62. The summed E-state index contributed by atoms with van der Waals surface area (Å²) in [6, 6.07) is 1.50. The van der Waals surface area contributed by atoms with E-state index in [2.05, 4.69) is 20.9 Å². The van der Waals surface area contributed by atoms with Crippen LogP contribution in [0, 0.1) is 0 Å². The molecule has 0 aliphatic rings. The molecule has 1 heterocycles. The van der Waals surface area contributed by atoms with E-state index >= 15 is 0 Å². The average Bonchev–Trinajstić information content (AvgIpc) is 1.88. The molecule has 1 rings (SSSR count). The highest BCUT2D eigenvalue weighted by Crippen LogP contribution is 2.09. The van der Waals surface area contributed by atoms with Crippen molar-refractivity contribution in [2.75, 3.05) is 0 Å². The van der Waals surface area contributed by atoms with E-state index in [1.54, 1.807) is 0 Å². The number of hydrogen-bond acceptors (Lipinski definition) is 3. The fourth-order valence-electron chi connectivity index (χ4n) is 0.500. The van der Waals surface area contributed by atoms with Crippen LogP contribution >= 0.6 is 15.9 Å². The molecule has 0 bridgehead atoms. The molecule has 1 aromatic rings. The molecule has 0 saturated carbocycles. The molecular formula is C5H4BrNO2S. The summed E-state index contributed by atoms with van der Waals surface area (Å²) in [4.78, 5) is 3.90. The van der Waals surface area contributed by atoms with Crippen LogP contribution in [0.25, 0.3) is 0 Å². The molecule has 10 heavy (non-hydrogen) atoms. The molecular weight excluding hydrogens is 218 g/mol. The Hall–Kier alpha value is -0.420. The highest BCUT2D eigenvalue weighted by atomic mass is 79.9. The largest absolute Gasteiger partial charge is 0.262 e. The third-order valence-electron chi connectivity index (χ3n) is 0.901. The van der Waals surface area contributed by atoms with Gasteiger partial charge in [0.15, 0.2) is 10.7 Å². The predicted molar refractivity (Wildman–Crippen MR) is 40.5 cm³/mol. The van der Waals surface area contributed by atoms with E-state index in [0.29, 0.717) is 4.47 Å². The molecule has 0 aliphatic carbocycles. The molecule has 54 valence electrons. The topological polar surface area (TPSA) is 47.0 Å². The Labute approximate surface area is 68.2 Å². The van der Waals surface area contributed by atoms with Gasteiger partial charge in [0.1, 0.15) is 0 Å². The summed E-state index contributed by atoms with van der Waals surface area (Å²) in [7, 11) is -2.50. The van der Waals surface area contributed by atoms with Crippen molar-refractivity contribution in [2.24, 2.45) is 0 Å². The fraction of sp³-hybridized carbons (Fsp3) is 0. The van der Waals surface area contributed by atoms with Gasteiger partial charge in [-0.2, -0.15) is 0 Å². The van der Waals surface area contributed by atoms with E-state index in [-0.39, 0.29) is 4.90 Å². The van der Waals surface area contributed by atoms with E-state index < -0.39 is 10.7 Å². The Morgan fingerprint density at radius 3 is 2.50 bits per heavy atom. The fourth-order valence-corrected chi connectivity index (χ4v) is 1.45. The monoisotopic (exact) mass is 221 g/mol. The third-order valence-corrected chi connectivity index (χ3v) is 2.00. The molecule has 5 heteroatoms. The molecule has 0 saturated heterocycles. The lowest BCUT2D eigenvalue weighted by molar-refractivity contribution is 0.614. The lowest BCUT2D eigenvalue weighted by atomic mass is 10.5. The van der Waals surface area contributed by atoms with Crippen LogP contribution in [0.1, 0.15) is 0 Å². The normalized spacial score (nSPS) is 10.2. The van der Waals surface area contributed by atoms with Crippen molar-refractivity contribution in [3.05, 3.63) is 22.9 Å². The molecule has 0 fully saturated rings. The van der Waals surface area contributed by atoms with Crippen LogP contribution < -0.4 is 0 Å². The first-order chi connectivity index (χ1) is 4.70. The van der Waals surface area contributed by atoms with E-state index in [4.69, 9.17) is 0 Å². The van der Waals surface area contributed by atoms with E-state index in [1.807, 2.05) is 0 Å². The Morgan fingerprint density at radius 1 is 1.40 bits per heavy atom. The van der Waals surface area contributed by atoms with Gasteiger partial charge >= 0.3 is 0 Å². The summed E-state index contributed by atoms with van der Waals surface area (Å²) in [5, 5.41) is 0. The molecule has 0 radical (unpaired) electrons. The van der Waals surface area contributed by atoms with Crippen LogP contribution in [-0.2, 0) is 10.7 Å². The highest BCUT2D eigenvalue weighted by Gasteiger charge is 1.94. The van der Waals surface area contributed by atoms with Crippen molar-refractivity contribution < 1.29 is 8.42 Å². The van der Waals surface area contributed by atoms with Gasteiger partial charge in [-0.15, -0.1) is 0 Å². The number of aromatic nitrogens is 1. The smallest absolute Gasteiger partial charge is 0.169 e. The molecule has 0 aromatic carbocycles. The summed E-state index contributed by atoms with van der Waals surface area (Å²) in [6.45, 7) is 0. The van der Waals surface area contributed by atoms with Crippen LogP contribution in [0.4, 0.5) is 0 Å². The number of hydrogen-bond donors (Lipinski definition) is 1. The summed E-state index contributed by atoms with van der Waals surface area (Å²) in [5.74, 6) is 0. The molecule has 0 N–H and O–H groups in total. The van der Waals surface area contributed by atoms with Crippen LogP contribution in [0.5, 0.6) is 0 Å². The van der Waals surface area contributed by atoms with Gasteiger partial charge in [0.05, 0.1) is 4.90 Å². The van der Waals surface area contributed by atoms with Crippen LogP contribution in [0.2, 0.25) is 0 Å². The van der Waals surface area contributed by atoms with Gasteiger partial charge < -0.3 is 0 Å². The van der Waals surface area contributed by atoms with Gasteiger partial charge in [0.2, 0.25) is 0 Å². The summed E-state index contributed by atoms with van der Waals surface area (Å²) >= 11 is 3.10. The van der Waals surface area contributed by atoms with Gasteiger partial charge in [-0.3, -0.25) is 4.98 Å². The molecule has 1 aromatic heterocycles. The zero-order chi connectivity index (χ0) is 7.56. The van der Waals surface area contributed by atoms with Crippen molar-refractivity contribution in [1.82, 2.24) is 4.98 Å². The highest BCUT2D eigenvalue weighted by molar-refractivity contribution is 9.10. The second-order valence-corrected chi connectivity index (χ2v) is 3.56. The molecule has 0 aliphatic heterocycles. The van der Waals surface area contributed by atoms with Crippen molar-refractivity contribution in [2.45, 2.75) is 4.90 Å². The first kappa shape index (κ1) is 7.68. The minimum Gasteiger partial charge on any atom is -0.262 e. The molecule has 0 amide bonds. The zero-order valence-corrected chi connectivity index (χ0v) is 7.30. The number of pyridine rings is 1. The Kier molecular flexibility index (Phi) is 2.39. The van der Waals surface area contributed by atoms with Crippen molar-refractivity contribution in [1.29, 1.82) is 0 Å². The quantitative estimate of drug-likeness (QED) is 0.715. The zero-order valence-electron chi connectivity index (χ0n) is 4.82. The van der Waals surface area contributed by atoms with E-state index in [9.17, 15) is 8.42 Å². The van der Waals surface area contributed by atoms with E-state index in [1.165, 1.54) is 18.5 Å². The molecule has 0 atom stereocenters. The van der Waals surface area contributed by atoms with Crippen molar-refractivity contribution in [3.8, 4) is 0 Å². The third kappa shape index (κ3) is 1.78. The Morgan fingerprint density at radius 2 is 2.10 bits per heavy atom. The number of rotatable bonds is 1. The van der Waals surface area contributed by atoms with Gasteiger partial charge in [-0.25, -0.2) is 8.42 Å². The number of halogens is 1. The van der Waals surface area contributed by atoms with Crippen molar-refractivity contribution in [3.63, 3.8) is 0 Å². The van der Waals surface area contributed by atoms with Crippen LogP contribution in [0.3, 0.4) is 0 Å². The Bertz CT molecular complexity index is 302. The number of nitrogens with zero attached hydrogens (tertiary/aromatic N) is 1. The summed E-state index contributed by atoms with van der Waals surface area (Å²) in [6.07, 6.45) is 2.83. The minimum absolute atomic E-state index is 0.226. The van der Waals surface area contributed by atoms with E-state index in [0.717, 1.165) is 0 Å². The van der Waals surface area contributed by atoms with Crippen molar-refractivity contribution >= 4 is 26.6 Å². The maximum atomic E-state index is 10.3. The number of thiol groups is 1. The lowest BCUT2D eigenvalue weighted by Crippen LogP contribution is -1.81. The molecule has 3 nitrogen and oxygen atoms in total. The van der Waals surface area contributed by atoms with Gasteiger partial charge in [-0.1, -0.05) is 0 Å². The standard InChI is InChI=1S/C5H4BrNO2S/c6-4-1-5(10(8)9)3-7-2-4/h1-3,10H. The summed E-state index contributed by atoms with van der Waals surface area (Å²) < 4.78 is 21.3. The van der Waals surface area contributed by atoms with Gasteiger partial charge in [0, 0.05) is 16.9 Å². The average molecular weight is 222 g/mol. The second kappa shape index (κ2) is 3.12. The first-order valence-corrected chi connectivity index (χ1v) is 4.42. The van der Waals surface area contributed by atoms with Crippen LogP contribution in [0.15, 0.2) is 27.8 Å². The predicted octanol–water partition coefficient (Wildman–Crippen LogP) is 0.814. The minimum atomic E-state index is -2.50. The van der Waals surface area contributed by atoms with Gasteiger partial charge in [-0.05, 0) is 22.0 Å². The Balaban J connectivity index is 3.19. The first-order valence-electron chi connectivity index (χ1n) is 2.45. The SMILES string of the molecule is O=[SH](=O)c1cncc(Br)c1. The lowest BCUT2D eigenvalue weighted by Gasteiger charge is -1.88. The van der Waals surface area contributed by atoms with Crippen LogP contribution in [-0.4, -0.2) is 13.4 Å². The van der Waals surface area contributed by atoms with Gasteiger partial charge in [0.25, 0.3) is 0 Å². The maximum Gasteiger partial charge on any atom is 0.169 e. The summed E-state index contributed by atoms with van der Waals surface area (Å²) in [5.41, 5.74) is 0.